The number of hydrogen-bond acceptors (Lipinski definition) is 2. The first-order valence-corrected chi connectivity index (χ1v) is 5.34. The van der Waals surface area contributed by atoms with Crippen molar-refractivity contribution in [1.82, 2.24) is 0 Å². The monoisotopic (exact) mass is 222 g/mol. The van der Waals surface area contributed by atoms with Gasteiger partial charge < -0.3 is 4.74 Å². The van der Waals surface area contributed by atoms with Gasteiger partial charge in [-0.3, -0.25) is 4.79 Å². The first-order chi connectivity index (χ1) is 7.48. The molecule has 1 aliphatic carbocycles. The van der Waals surface area contributed by atoms with Gasteiger partial charge in [-0.2, -0.15) is 0 Å². The second-order valence-corrected chi connectivity index (χ2v) is 4.76. The van der Waals surface area contributed by atoms with E-state index in [1.54, 1.807) is 12.1 Å². The standard InChI is InChI=1S/C13H15FO2/c1-13(2)8(7-11(13)15)12-9(14)5-4-6-10(12)16-3/h4-6,8H,7H2,1-3H3. The summed E-state index contributed by atoms with van der Waals surface area (Å²) in [6.45, 7) is 3.71. The Morgan fingerprint density at radius 1 is 1.44 bits per heavy atom. The van der Waals surface area contributed by atoms with Crippen molar-refractivity contribution in [2.75, 3.05) is 7.11 Å². The zero-order valence-electron chi connectivity index (χ0n) is 9.71. The van der Waals surface area contributed by atoms with Gasteiger partial charge >= 0.3 is 0 Å². The Morgan fingerprint density at radius 2 is 2.12 bits per heavy atom. The van der Waals surface area contributed by atoms with Crippen molar-refractivity contribution < 1.29 is 13.9 Å². The van der Waals surface area contributed by atoms with E-state index in [0.29, 0.717) is 17.7 Å². The maximum Gasteiger partial charge on any atom is 0.139 e. The lowest BCUT2D eigenvalue weighted by Gasteiger charge is -2.43. The van der Waals surface area contributed by atoms with Gasteiger partial charge in [-0.15, -0.1) is 0 Å². The second kappa shape index (κ2) is 3.58. The third-order valence-corrected chi connectivity index (χ3v) is 3.56. The molecule has 1 atom stereocenters. The van der Waals surface area contributed by atoms with E-state index in [2.05, 4.69) is 0 Å². The summed E-state index contributed by atoms with van der Waals surface area (Å²) in [7, 11) is 1.52. The van der Waals surface area contributed by atoms with Crippen LogP contribution in [0, 0.1) is 11.2 Å². The summed E-state index contributed by atoms with van der Waals surface area (Å²) in [6, 6.07) is 4.76. The lowest BCUT2D eigenvalue weighted by molar-refractivity contribution is -0.138. The van der Waals surface area contributed by atoms with Crippen LogP contribution in [0.1, 0.15) is 31.7 Å². The molecule has 0 aromatic heterocycles. The van der Waals surface area contributed by atoms with Crippen molar-refractivity contribution in [3.05, 3.63) is 29.6 Å². The maximum absolute atomic E-state index is 13.8. The van der Waals surface area contributed by atoms with E-state index >= 15 is 0 Å². The number of hydrogen-bond donors (Lipinski definition) is 0. The molecule has 1 aromatic rings. The van der Waals surface area contributed by atoms with Gasteiger partial charge in [0.2, 0.25) is 0 Å². The third-order valence-electron chi connectivity index (χ3n) is 3.56. The number of ketones is 1. The van der Waals surface area contributed by atoms with E-state index in [4.69, 9.17) is 4.74 Å². The minimum Gasteiger partial charge on any atom is -0.496 e. The van der Waals surface area contributed by atoms with Crippen LogP contribution in [0.2, 0.25) is 0 Å². The summed E-state index contributed by atoms with van der Waals surface area (Å²) in [5.74, 6) is 0.356. The molecule has 1 saturated carbocycles. The van der Waals surface area contributed by atoms with Crippen LogP contribution in [0.4, 0.5) is 4.39 Å². The molecule has 86 valence electrons. The zero-order chi connectivity index (χ0) is 11.9. The van der Waals surface area contributed by atoms with E-state index in [1.165, 1.54) is 13.2 Å². The molecule has 0 bridgehead atoms. The number of rotatable bonds is 2. The van der Waals surface area contributed by atoms with Gasteiger partial charge in [0.05, 0.1) is 7.11 Å². The minimum atomic E-state index is -0.477. The average molecular weight is 222 g/mol. The zero-order valence-corrected chi connectivity index (χ0v) is 9.71. The predicted octanol–water partition coefficient (Wildman–Crippen LogP) is 2.92. The number of carbonyl (C=O) groups excluding carboxylic acids is 1. The highest BCUT2D eigenvalue weighted by atomic mass is 19.1. The molecule has 2 rings (SSSR count). The molecule has 0 aliphatic heterocycles. The summed E-state index contributed by atoms with van der Waals surface area (Å²) in [4.78, 5) is 11.5. The summed E-state index contributed by atoms with van der Waals surface area (Å²) in [5.41, 5.74) is 0.0600. The lowest BCUT2D eigenvalue weighted by Crippen LogP contribution is -2.44. The Hall–Kier alpha value is -1.38. The van der Waals surface area contributed by atoms with Crippen molar-refractivity contribution in [3.63, 3.8) is 0 Å². The van der Waals surface area contributed by atoms with Gasteiger partial charge in [0.1, 0.15) is 17.3 Å². The van der Waals surface area contributed by atoms with E-state index in [1.807, 2.05) is 13.8 Å². The molecule has 2 nitrogen and oxygen atoms in total. The molecule has 1 unspecified atom stereocenters. The van der Waals surface area contributed by atoms with Crippen LogP contribution in [0.3, 0.4) is 0 Å². The number of carbonyl (C=O) groups is 1. The van der Waals surface area contributed by atoms with Crippen molar-refractivity contribution in [2.45, 2.75) is 26.2 Å². The fourth-order valence-electron chi connectivity index (χ4n) is 2.26. The largest absolute Gasteiger partial charge is 0.496 e. The molecule has 1 fully saturated rings. The van der Waals surface area contributed by atoms with E-state index < -0.39 is 5.41 Å². The highest BCUT2D eigenvalue weighted by Crippen LogP contribution is 2.52. The van der Waals surface area contributed by atoms with Gasteiger partial charge in [-0.05, 0) is 12.1 Å². The molecule has 3 heteroatoms. The molecule has 0 N–H and O–H groups in total. The highest BCUT2D eigenvalue weighted by Gasteiger charge is 2.49. The van der Waals surface area contributed by atoms with Crippen molar-refractivity contribution in [3.8, 4) is 5.75 Å². The molecular formula is C13H15FO2. The maximum atomic E-state index is 13.8. The Labute approximate surface area is 94.4 Å². The van der Waals surface area contributed by atoms with E-state index in [9.17, 15) is 9.18 Å². The summed E-state index contributed by atoms with van der Waals surface area (Å²) in [6.07, 6.45) is 0.407. The number of ether oxygens (including phenoxy) is 1. The van der Waals surface area contributed by atoms with E-state index in [-0.39, 0.29) is 17.5 Å². The molecule has 1 aliphatic rings. The molecular weight excluding hydrogens is 207 g/mol. The molecule has 0 radical (unpaired) electrons. The van der Waals surface area contributed by atoms with Crippen LogP contribution in [-0.4, -0.2) is 12.9 Å². The van der Waals surface area contributed by atoms with Crippen LogP contribution < -0.4 is 4.74 Å². The number of halogens is 1. The van der Waals surface area contributed by atoms with Crippen LogP contribution in [0.5, 0.6) is 5.75 Å². The van der Waals surface area contributed by atoms with Crippen molar-refractivity contribution in [2.24, 2.45) is 5.41 Å². The Morgan fingerprint density at radius 3 is 2.62 bits per heavy atom. The van der Waals surface area contributed by atoms with Gasteiger partial charge in [0.15, 0.2) is 0 Å². The smallest absolute Gasteiger partial charge is 0.139 e. The normalized spacial score (nSPS) is 22.8. The molecule has 0 spiro atoms. The fraction of sp³-hybridized carbons (Fsp3) is 0.462. The van der Waals surface area contributed by atoms with Crippen LogP contribution >= 0.6 is 0 Å². The SMILES string of the molecule is COc1cccc(F)c1C1CC(=O)C1(C)C. The quantitative estimate of drug-likeness (QED) is 0.769. The van der Waals surface area contributed by atoms with Gasteiger partial charge in [-0.1, -0.05) is 19.9 Å². The van der Waals surface area contributed by atoms with E-state index in [0.717, 1.165) is 0 Å². The first-order valence-electron chi connectivity index (χ1n) is 5.34. The summed E-state index contributed by atoms with van der Waals surface area (Å²) >= 11 is 0. The van der Waals surface area contributed by atoms with Gasteiger partial charge in [0, 0.05) is 23.3 Å². The summed E-state index contributed by atoms with van der Waals surface area (Å²) < 4.78 is 18.9. The average Bonchev–Trinajstić information content (AvgIpc) is 2.26. The molecule has 16 heavy (non-hydrogen) atoms. The van der Waals surface area contributed by atoms with Crippen LogP contribution in [-0.2, 0) is 4.79 Å². The third kappa shape index (κ3) is 1.42. The topological polar surface area (TPSA) is 26.3 Å². The molecule has 0 heterocycles. The Balaban J connectivity index is 2.45. The van der Waals surface area contributed by atoms with Crippen molar-refractivity contribution in [1.29, 1.82) is 0 Å². The Kier molecular flexibility index (Phi) is 2.49. The van der Waals surface area contributed by atoms with Gasteiger partial charge in [0.25, 0.3) is 0 Å². The van der Waals surface area contributed by atoms with Gasteiger partial charge in [-0.25, -0.2) is 4.39 Å². The molecule has 0 amide bonds. The second-order valence-electron chi connectivity index (χ2n) is 4.76. The Bertz CT molecular complexity index is 438. The molecule has 1 aromatic carbocycles. The molecule has 0 saturated heterocycles. The van der Waals surface area contributed by atoms with Crippen LogP contribution in [0.25, 0.3) is 0 Å². The minimum absolute atomic E-state index is 0.0730. The number of benzene rings is 1. The number of Topliss-reactive ketones (excluding diaryl/α,β-unsaturated/α-hetero) is 1. The summed E-state index contributed by atoms with van der Waals surface area (Å²) in [5, 5.41) is 0. The predicted molar refractivity (Wildman–Crippen MR) is 59.1 cm³/mol. The number of methoxy groups -OCH3 is 1. The first kappa shape index (κ1) is 11.1. The fourth-order valence-corrected chi connectivity index (χ4v) is 2.26. The highest BCUT2D eigenvalue weighted by molar-refractivity contribution is 5.92. The van der Waals surface area contributed by atoms with Crippen LogP contribution in [0.15, 0.2) is 18.2 Å². The lowest BCUT2D eigenvalue weighted by atomic mass is 9.59. The van der Waals surface area contributed by atoms with Crippen molar-refractivity contribution >= 4 is 5.78 Å².